The van der Waals surface area contributed by atoms with Crippen LogP contribution in [0.5, 0.6) is 0 Å². The Hall–Kier alpha value is -0.930. The fraction of sp³-hybridized carbons (Fsp3) is 0.545. The molecule has 0 aliphatic carbocycles. The maximum atomic E-state index is 5.73. The van der Waals surface area contributed by atoms with Gasteiger partial charge in [-0.3, -0.25) is 4.98 Å². The average Bonchev–Trinajstić information content (AvgIpc) is 2.67. The van der Waals surface area contributed by atoms with Crippen molar-refractivity contribution in [1.82, 2.24) is 10.3 Å². The van der Waals surface area contributed by atoms with Gasteiger partial charge in [0.05, 0.1) is 0 Å². The van der Waals surface area contributed by atoms with E-state index in [0.29, 0.717) is 12.0 Å². The minimum atomic E-state index is 0.558. The van der Waals surface area contributed by atoms with Crippen molar-refractivity contribution < 1.29 is 0 Å². The predicted octanol–water partition coefficient (Wildman–Crippen LogP) is 0.561. The number of aromatic nitrogens is 1. The second kappa shape index (κ2) is 4.53. The molecule has 3 N–H and O–H groups in total. The quantitative estimate of drug-likeness (QED) is 0.734. The first-order valence-corrected chi connectivity index (χ1v) is 5.22. The summed E-state index contributed by atoms with van der Waals surface area (Å²) >= 11 is 0. The molecule has 1 fully saturated rings. The lowest BCUT2D eigenvalue weighted by Crippen LogP contribution is -2.32. The van der Waals surface area contributed by atoms with Gasteiger partial charge in [0, 0.05) is 18.4 Å². The van der Waals surface area contributed by atoms with Gasteiger partial charge in [0.1, 0.15) is 0 Å². The summed E-state index contributed by atoms with van der Waals surface area (Å²) < 4.78 is 0. The molecule has 0 aromatic carbocycles. The molecule has 0 saturated carbocycles. The Kier molecular flexibility index (Phi) is 3.11. The van der Waals surface area contributed by atoms with Gasteiger partial charge >= 0.3 is 0 Å². The van der Waals surface area contributed by atoms with Gasteiger partial charge in [0.2, 0.25) is 0 Å². The number of rotatable bonds is 3. The summed E-state index contributed by atoms with van der Waals surface area (Å²) in [5, 5.41) is 3.51. The van der Waals surface area contributed by atoms with Crippen LogP contribution in [0.15, 0.2) is 24.5 Å². The lowest BCUT2D eigenvalue weighted by molar-refractivity contribution is 0.453. The van der Waals surface area contributed by atoms with Gasteiger partial charge in [-0.15, -0.1) is 0 Å². The number of hydrogen-bond donors (Lipinski definition) is 2. The van der Waals surface area contributed by atoms with Crippen LogP contribution in [-0.4, -0.2) is 24.1 Å². The van der Waals surface area contributed by atoms with E-state index in [1.54, 1.807) is 0 Å². The topological polar surface area (TPSA) is 50.9 Å². The van der Waals surface area contributed by atoms with Crippen molar-refractivity contribution >= 4 is 0 Å². The third-order valence-corrected chi connectivity index (χ3v) is 3.00. The first-order valence-electron chi connectivity index (χ1n) is 5.22. The van der Waals surface area contributed by atoms with Crippen LogP contribution in [0.1, 0.15) is 12.0 Å². The highest BCUT2D eigenvalue weighted by Gasteiger charge is 2.25. The second-order valence-corrected chi connectivity index (χ2v) is 3.90. The standard InChI is InChI=1S/C11H17N3/c12-8-10-3-6-14-11(10)7-9-1-4-13-5-2-9/h1-2,4-5,10-11,14H,3,6-8,12H2. The molecule has 0 amide bonds. The molecule has 3 heteroatoms. The van der Waals surface area contributed by atoms with Crippen molar-refractivity contribution in [3.8, 4) is 0 Å². The average molecular weight is 191 g/mol. The zero-order chi connectivity index (χ0) is 9.80. The van der Waals surface area contributed by atoms with Crippen LogP contribution >= 0.6 is 0 Å². The fourth-order valence-corrected chi connectivity index (χ4v) is 2.12. The highest BCUT2D eigenvalue weighted by molar-refractivity contribution is 5.12. The van der Waals surface area contributed by atoms with Gasteiger partial charge in [-0.1, -0.05) is 0 Å². The van der Waals surface area contributed by atoms with E-state index >= 15 is 0 Å². The Morgan fingerprint density at radius 2 is 2.21 bits per heavy atom. The molecule has 1 aromatic heterocycles. The molecule has 1 aromatic rings. The van der Waals surface area contributed by atoms with Gasteiger partial charge in [-0.25, -0.2) is 0 Å². The SMILES string of the molecule is NCC1CCNC1Cc1ccncc1. The molecule has 2 heterocycles. The molecule has 0 bridgehead atoms. The molecule has 0 radical (unpaired) electrons. The first-order chi connectivity index (χ1) is 6.90. The Bertz CT molecular complexity index is 273. The van der Waals surface area contributed by atoms with Gasteiger partial charge in [-0.2, -0.15) is 0 Å². The third-order valence-electron chi connectivity index (χ3n) is 3.00. The molecular formula is C11H17N3. The normalized spacial score (nSPS) is 26.6. The lowest BCUT2D eigenvalue weighted by atomic mass is 9.95. The van der Waals surface area contributed by atoms with Crippen LogP contribution in [0.25, 0.3) is 0 Å². The van der Waals surface area contributed by atoms with Gasteiger partial charge in [0.25, 0.3) is 0 Å². The van der Waals surface area contributed by atoms with E-state index in [9.17, 15) is 0 Å². The van der Waals surface area contributed by atoms with Crippen molar-refractivity contribution in [2.75, 3.05) is 13.1 Å². The first kappa shape index (κ1) is 9.62. The maximum Gasteiger partial charge on any atom is 0.0270 e. The smallest absolute Gasteiger partial charge is 0.0270 e. The van der Waals surface area contributed by atoms with Gasteiger partial charge in [-0.05, 0) is 49.5 Å². The highest BCUT2D eigenvalue weighted by atomic mass is 15.0. The minimum Gasteiger partial charge on any atom is -0.330 e. The predicted molar refractivity (Wildman–Crippen MR) is 56.9 cm³/mol. The van der Waals surface area contributed by atoms with Crippen molar-refractivity contribution in [3.05, 3.63) is 30.1 Å². The van der Waals surface area contributed by atoms with Crippen LogP contribution in [0, 0.1) is 5.92 Å². The largest absolute Gasteiger partial charge is 0.330 e. The summed E-state index contributed by atoms with van der Waals surface area (Å²) in [5.41, 5.74) is 7.07. The van der Waals surface area contributed by atoms with Gasteiger partial charge in [0.15, 0.2) is 0 Å². The van der Waals surface area contributed by atoms with Crippen LogP contribution < -0.4 is 11.1 Å². The number of nitrogens with zero attached hydrogens (tertiary/aromatic N) is 1. The van der Waals surface area contributed by atoms with Gasteiger partial charge < -0.3 is 11.1 Å². The summed E-state index contributed by atoms with van der Waals surface area (Å²) in [5.74, 6) is 0.642. The fourth-order valence-electron chi connectivity index (χ4n) is 2.12. The molecule has 2 atom stereocenters. The second-order valence-electron chi connectivity index (χ2n) is 3.90. The molecule has 1 saturated heterocycles. The van der Waals surface area contributed by atoms with E-state index in [1.165, 1.54) is 12.0 Å². The Morgan fingerprint density at radius 1 is 1.43 bits per heavy atom. The van der Waals surface area contributed by atoms with Crippen molar-refractivity contribution in [2.24, 2.45) is 11.7 Å². The van der Waals surface area contributed by atoms with E-state index in [4.69, 9.17) is 5.73 Å². The minimum absolute atomic E-state index is 0.558. The molecule has 0 spiro atoms. The van der Waals surface area contributed by atoms with Crippen molar-refractivity contribution in [1.29, 1.82) is 0 Å². The Labute approximate surface area is 84.7 Å². The number of nitrogens with one attached hydrogen (secondary N) is 1. The summed E-state index contributed by atoms with van der Waals surface area (Å²) in [4.78, 5) is 4.01. The third kappa shape index (κ3) is 2.11. The van der Waals surface area contributed by atoms with E-state index in [0.717, 1.165) is 19.5 Å². The van der Waals surface area contributed by atoms with Crippen molar-refractivity contribution in [2.45, 2.75) is 18.9 Å². The zero-order valence-corrected chi connectivity index (χ0v) is 8.32. The van der Waals surface area contributed by atoms with Crippen LogP contribution in [0.4, 0.5) is 0 Å². The molecule has 14 heavy (non-hydrogen) atoms. The highest BCUT2D eigenvalue weighted by Crippen LogP contribution is 2.17. The lowest BCUT2D eigenvalue weighted by Gasteiger charge is -2.17. The van der Waals surface area contributed by atoms with E-state index < -0.39 is 0 Å². The Balaban J connectivity index is 1.97. The summed E-state index contributed by atoms with van der Waals surface area (Å²) in [7, 11) is 0. The summed E-state index contributed by atoms with van der Waals surface area (Å²) in [6, 6.07) is 4.71. The Morgan fingerprint density at radius 3 is 2.93 bits per heavy atom. The number of pyridine rings is 1. The van der Waals surface area contributed by atoms with Crippen LogP contribution in [-0.2, 0) is 6.42 Å². The molecule has 2 rings (SSSR count). The molecule has 1 aliphatic heterocycles. The van der Waals surface area contributed by atoms with Crippen molar-refractivity contribution in [3.63, 3.8) is 0 Å². The molecule has 3 nitrogen and oxygen atoms in total. The summed E-state index contributed by atoms with van der Waals surface area (Å²) in [6.45, 7) is 1.90. The monoisotopic (exact) mass is 191 g/mol. The molecule has 2 unspecified atom stereocenters. The molecule has 1 aliphatic rings. The molecule has 76 valence electrons. The van der Waals surface area contributed by atoms with E-state index in [-0.39, 0.29) is 0 Å². The number of nitrogens with two attached hydrogens (primary N) is 1. The number of hydrogen-bond acceptors (Lipinski definition) is 3. The van der Waals surface area contributed by atoms with E-state index in [2.05, 4.69) is 22.4 Å². The summed E-state index contributed by atoms with van der Waals surface area (Å²) in [6.07, 6.45) is 5.99. The zero-order valence-electron chi connectivity index (χ0n) is 8.32. The van der Waals surface area contributed by atoms with Crippen LogP contribution in [0.3, 0.4) is 0 Å². The van der Waals surface area contributed by atoms with Crippen LogP contribution in [0.2, 0.25) is 0 Å². The molecular weight excluding hydrogens is 174 g/mol. The maximum absolute atomic E-state index is 5.73. The van der Waals surface area contributed by atoms with E-state index in [1.807, 2.05) is 12.4 Å².